The number of Topliss-reactive ketones (excluding diaryl/α,β-unsaturated/α-hetero) is 1. The van der Waals surface area contributed by atoms with Crippen LogP contribution in [-0.2, 0) is 24.4 Å². The number of carbonyl (C=O) groups excluding carboxylic acids is 1. The van der Waals surface area contributed by atoms with Gasteiger partial charge in [0.2, 0.25) is 0 Å². The molecule has 0 aromatic heterocycles. The quantitative estimate of drug-likeness (QED) is 0.390. The minimum absolute atomic E-state index is 0.127. The van der Waals surface area contributed by atoms with Crippen molar-refractivity contribution in [2.24, 2.45) is 0 Å². The van der Waals surface area contributed by atoms with Gasteiger partial charge in [0.05, 0.1) is 0 Å². The van der Waals surface area contributed by atoms with Crippen molar-refractivity contribution in [3.05, 3.63) is 93.0 Å². The molecule has 188 valence electrons. The van der Waals surface area contributed by atoms with Gasteiger partial charge in [-0.1, -0.05) is 58.7 Å². The molecule has 0 saturated carbocycles. The first-order valence-electron chi connectivity index (χ1n) is 13.1. The van der Waals surface area contributed by atoms with Gasteiger partial charge in [0.1, 0.15) is 19.0 Å². The standard InChI is InChI=1S/C32H37NO3/c1-20-8-21(2)11-25(10-20)18-35-31-15-27-6-7-33-24(5)14-28(34)16-30(33)29(27)17-32(31)36-19-26-12-22(3)9-23(4)13-26/h8-13,15,17,24,30H,6-7,14,16,18-19H2,1-5H3/t24-,30+/m1/s1. The monoisotopic (exact) mass is 483 g/mol. The molecule has 3 aromatic rings. The number of hydrogen-bond donors (Lipinski definition) is 0. The summed E-state index contributed by atoms with van der Waals surface area (Å²) < 4.78 is 12.8. The van der Waals surface area contributed by atoms with Crippen LogP contribution in [0.25, 0.3) is 0 Å². The fourth-order valence-corrected chi connectivity index (χ4v) is 6.08. The number of benzene rings is 3. The number of carbonyl (C=O) groups is 1. The fraction of sp³-hybridized carbons (Fsp3) is 0.406. The van der Waals surface area contributed by atoms with Gasteiger partial charge in [-0.05, 0) is 75.4 Å². The van der Waals surface area contributed by atoms with E-state index in [1.54, 1.807) is 0 Å². The van der Waals surface area contributed by atoms with Crippen LogP contribution in [0.1, 0.15) is 70.3 Å². The molecule has 0 bridgehead atoms. The lowest BCUT2D eigenvalue weighted by atomic mass is 9.84. The number of piperidine rings is 1. The summed E-state index contributed by atoms with van der Waals surface area (Å²) in [4.78, 5) is 15.0. The fourth-order valence-electron chi connectivity index (χ4n) is 6.08. The zero-order valence-corrected chi connectivity index (χ0v) is 22.2. The Hall–Kier alpha value is -3.11. The van der Waals surface area contributed by atoms with E-state index in [1.165, 1.54) is 33.4 Å². The molecule has 4 heteroatoms. The summed E-state index contributed by atoms with van der Waals surface area (Å²) in [6, 6.07) is 17.8. The molecule has 0 radical (unpaired) electrons. The Labute approximate surface area is 215 Å². The second-order valence-electron chi connectivity index (χ2n) is 10.9. The molecule has 3 aromatic carbocycles. The number of hydrogen-bond acceptors (Lipinski definition) is 4. The van der Waals surface area contributed by atoms with Crippen molar-refractivity contribution in [2.45, 2.75) is 79.2 Å². The second-order valence-corrected chi connectivity index (χ2v) is 10.9. The summed E-state index contributed by atoms with van der Waals surface area (Å²) in [5, 5.41) is 0. The third-order valence-electron chi connectivity index (χ3n) is 7.47. The Morgan fingerprint density at radius 1 is 0.750 bits per heavy atom. The van der Waals surface area contributed by atoms with E-state index in [2.05, 4.69) is 88.0 Å². The van der Waals surface area contributed by atoms with Crippen LogP contribution >= 0.6 is 0 Å². The van der Waals surface area contributed by atoms with Crippen LogP contribution in [0.15, 0.2) is 48.5 Å². The van der Waals surface area contributed by atoms with Crippen molar-refractivity contribution in [2.75, 3.05) is 6.54 Å². The van der Waals surface area contributed by atoms with Gasteiger partial charge in [-0.3, -0.25) is 9.69 Å². The molecule has 4 nitrogen and oxygen atoms in total. The van der Waals surface area contributed by atoms with Crippen molar-refractivity contribution in [3.8, 4) is 11.5 Å². The van der Waals surface area contributed by atoms with Gasteiger partial charge >= 0.3 is 0 Å². The number of nitrogens with zero attached hydrogens (tertiary/aromatic N) is 1. The topological polar surface area (TPSA) is 38.8 Å². The van der Waals surface area contributed by atoms with Crippen LogP contribution in [0.2, 0.25) is 0 Å². The van der Waals surface area contributed by atoms with Gasteiger partial charge in [-0.25, -0.2) is 0 Å². The Kier molecular flexibility index (Phi) is 6.90. The van der Waals surface area contributed by atoms with E-state index in [1.807, 2.05) is 0 Å². The molecule has 1 saturated heterocycles. The third kappa shape index (κ3) is 5.34. The molecule has 0 amide bonds. The molecule has 2 aliphatic heterocycles. The van der Waals surface area contributed by atoms with Gasteiger partial charge < -0.3 is 9.47 Å². The molecule has 5 rings (SSSR count). The second kappa shape index (κ2) is 10.1. The van der Waals surface area contributed by atoms with Crippen LogP contribution in [-0.4, -0.2) is 23.3 Å². The largest absolute Gasteiger partial charge is 0.485 e. The minimum Gasteiger partial charge on any atom is -0.485 e. The summed E-state index contributed by atoms with van der Waals surface area (Å²) in [5.74, 6) is 1.88. The van der Waals surface area contributed by atoms with Gasteiger partial charge in [-0.2, -0.15) is 0 Å². The first-order chi connectivity index (χ1) is 17.2. The maximum atomic E-state index is 12.5. The smallest absolute Gasteiger partial charge is 0.162 e. The zero-order chi connectivity index (χ0) is 25.4. The first kappa shape index (κ1) is 24.6. The van der Waals surface area contributed by atoms with Crippen molar-refractivity contribution in [3.63, 3.8) is 0 Å². The predicted octanol–water partition coefficient (Wildman–Crippen LogP) is 6.73. The molecular weight excluding hydrogens is 446 g/mol. The highest BCUT2D eigenvalue weighted by atomic mass is 16.5. The zero-order valence-electron chi connectivity index (χ0n) is 22.2. The molecule has 2 atom stereocenters. The number of ether oxygens (including phenoxy) is 2. The van der Waals surface area contributed by atoms with Crippen LogP contribution in [0.5, 0.6) is 11.5 Å². The van der Waals surface area contributed by atoms with Crippen LogP contribution in [0.4, 0.5) is 0 Å². The Morgan fingerprint density at radius 2 is 1.28 bits per heavy atom. The molecule has 0 aliphatic carbocycles. The highest BCUT2D eigenvalue weighted by Crippen LogP contribution is 2.43. The molecule has 0 unspecified atom stereocenters. The SMILES string of the molecule is Cc1cc(C)cc(COc2cc3c(cc2OCc2cc(C)cc(C)c2)[C@@H]2CC(=O)C[C@@H](C)N2CC3)c1. The van der Waals surface area contributed by atoms with E-state index < -0.39 is 0 Å². The molecule has 2 aliphatic rings. The summed E-state index contributed by atoms with van der Waals surface area (Å²) in [6.07, 6.45) is 2.19. The summed E-state index contributed by atoms with van der Waals surface area (Å²) >= 11 is 0. The van der Waals surface area contributed by atoms with Crippen LogP contribution in [0.3, 0.4) is 0 Å². The summed E-state index contributed by atoms with van der Waals surface area (Å²) in [5.41, 5.74) is 9.73. The van der Waals surface area contributed by atoms with Crippen LogP contribution < -0.4 is 9.47 Å². The van der Waals surface area contributed by atoms with Gasteiger partial charge in [0.25, 0.3) is 0 Å². The lowest BCUT2D eigenvalue weighted by Crippen LogP contribution is -2.46. The van der Waals surface area contributed by atoms with Crippen molar-refractivity contribution >= 4 is 5.78 Å². The maximum absolute atomic E-state index is 12.5. The van der Waals surface area contributed by atoms with Gasteiger partial charge in [0.15, 0.2) is 11.5 Å². The highest BCUT2D eigenvalue weighted by molar-refractivity contribution is 5.81. The average Bonchev–Trinajstić information content (AvgIpc) is 2.79. The Morgan fingerprint density at radius 3 is 1.83 bits per heavy atom. The Bertz CT molecular complexity index is 1250. The lowest BCUT2D eigenvalue weighted by Gasteiger charge is -2.44. The Balaban J connectivity index is 1.47. The van der Waals surface area contributed by atoms with Gasteiger partial charge in [0, 0.05) is 31.5 Å². The third-order valence-corrected chi connectivity index (χ3v) is 7.47. The molecule has 2 heterocycles. The van der Waals surface area contributed by atoms with E-state index in [0.29, 0.717) is 31.8 Å². The number of aryl methyl sites for hydroxylation is 4. The van der Waals surface area contributed by atoms with E-state index in [9.17, 15) is 4.79 Å². The van der Waals surface area contributed by atoms with Crippen molar-refractivity contribution < 1.29 is 14.3 Å². The maximum Gasteiger partial charge on any atom is 0.162 e. The first-order valence-corrected chi connectivity index (χ1v) is 13.1. The molecule has 36 heavy (non-hydrogen) atoms. The van der Waals surface area contributed by atoms with Crippen molar-refractivity contribution in [1.29, 1.82) is 0 Å². The normalized spacial score (nSPS) is 19.5. The van der Waals surface area contributed by atoms with Crippen molar-refractivity contribution in [1.82, 2.24) is 4.90 Å². The molecule has 1 fully saturated rings. The summed E-state index contributed by atoms with van der Waals surface area (Å²) in [7, 11) is 0. The molecule has 0 N–H and O–H groups in total. The van der Waals surface area contributed by atoms with E-state index in [-0.39, 0.29) is 12.1 Å². The highest BCUT2D eigenvalue weighted by Gasteiger charge is 2.37. The van der Waals surface area contributed by atoms with E-state index >= 15 is 0 Å². The van der Waals surface area contributed by atoms with E-state index in [4.69, 9.17) is 9.47 Å². The minimum atomic E-state index is 0.127. The number of fused-ring (bicyclic) bond motifs is 3. The van der Waals surface area contributed by atoms with Crippen LogP contribution in [0, 0.1) is 27.7 Å². The average molecular weight is 484 g/mol. The van der Waals surface area contributed by atoms with Gasteiger partial charge in [-0.15, -0.1) is 0 Å². The number of rotatable bonds is 6. The lowest BCUT2D eigenvalue weighted by molar-refractivity contribution is -0.125. The summed E-state index contributed by atoms with van der Waals surface area (Å²) in [6.45, 7) is 12.6. The molecular formula is C32H37NO3. The predicted molar refractivity (Wildman–Crippen MR) is 144 cm³/mol. The molecule has 0 spiro atoms. The number of ketones is 1. The van der Waals surface area contributed by atoms with E-state index in [0.717, 1.165) is 35.6 Å².